The van der Waals surface area contributed by atoms with Gasteiger partial charge in [0.1, 0.15) is 0 Å². The number of benzene rings is 4. The van der Waals surface area contributed by atoms with Crippen LogP contribution in [-0.4, -0.2) is 0 Å². The molecule has 0 nitrogen and oxygen atoms in total. The van der Waals surface area contributed by atoms with Gasteiger partial charge in [-0.25, -0.2) is 0 Å². The normalized spacial score (nSPS) is 11.1. The molecule has 0 aromatic heterocycles. The molecular weight excluding hydrogens is 331 g/mol. The molecule has 0 N–H and O–H groups in total. The van der Waals surface area contributed by atoms with Crippen molar-refractivity contribution in [2.24, 2.45) is 0 Å². The van der Waals surface area contributed by atoms with Gasteiger partial charge < -0.3 is 0 Å². The molecule has 0 spiro atoms. The Morgan fingerprint density at radius 3 is 1.67 bits per heavy atom. The number of hydrogen-bond acceptors (Lipinski definition) is 0. The Kier molecular flexibility index (Phi) is 4.34. The highest BCUT2D eigenvalue weighted by atomic mass is 35.5. The molecule has 0 heterocycles. The van der Waals surface area contributed by atoms with E-state index in [-0.39, 0.29) is 0 Å². The largest absolute Gasteiger partial charge is 0.0836 e. The highest BCUT2D eigenvalue weighted by Crippen LogP contribution is 2.37. The first-order valence-electron chi connectivity index (χ1n) is 7.92. The Hall–Kier alpha value is -2.14. The fourth-order valence-corrected chi connectivity index (χ4v) is 5.90. The monoisotopic (exact) mass is 346 g/mol. The van der Waals surface area contributed by atoms with E-state index in [0.717, 1.165) is 5.02 Å². The molecule has 0 amide bonds. The molecule has 0 saturated heterocycles. The fraction of sp³-hybridized carbons (Fsp3) is 0. The van der Waals surface area contributed by atoms with Crippen LogP contribution >= 0.6 is 19.5 Å². The fourth-order valence-electron chi connectivity index (χ4n) is 3.04. The summed E-state index contributed by atoms with van der Waals surface area (Å²) in [6, 6.07) is 34.1. The van der Waals surface area contributed by atoms with Gasteiger partial charge in [-0.3, -0.25) is 0 Å². The quantitative estimate of drug-likeness (QED) is 0.444. The average Bonchev–Trinajstić information content (AvgIpc) is 2.64. The maximum atomic E-state index is 6.59. The van der Waals surface area contributed by atoms with E-state index in [4.69, 9.17) is 11.6 Å². The summed E-state index contributed by atoms with van der Waals surface area (Å²) in [5.41, 5.74) is 0. The summed E-state index contributed by atoms with van der Waals surface area (Å²) in [7, 11) is -0.646. The first kappa shape index (κ1) is 15.4. The van der Waals surface area contributed by atoms with Crippen molar-refractivity contribution in [1.29, 1.82) is 0 Å². The third-order valence-electron chi connectivity index (χ3n) is 4.10. The predicted octanol–water partition coefficient (Wildman–Crippen LogP) is 5.25. The molecule has 4 aromatic rings. The maximum absolute atomic E-state index is 6.59. The molecular formula is C22H16ClP. The SMILES string of the molecule is Clc1cccc2cccc(P(c3ccccc3)c3ccccc3)c12. The van der Waals surface area contributed by atoms with Crippen molar-refractivity contribution in [3.63, 3.8) is 0 Å². The summed E-state index contributed by atoms with van der Waals surface area (Å²) < 4.78 is 0. The third kappa shape index (κ3) is 2.84. The molecule has 24 heavy (non-hydrogen) atoms. The van der Waals surface area contributed by atoms with Crippen molar-refractivity contribution in [3.05, 3.63) is 102 Å². The standard InChI is InChI=1S/C22H16ClP/c23-20-15-7-9-17-10-8-16-21(22(17)20)24(18-11-3-1-4-12-18)19-13-5-2-6-14-19/h1-16H. The van der Waals surface area contributed by atoms with E-state index >= 15 is 0 Å². The van der Waals surface area contributed by atoms with Crippen LogP contribution in [0.4, 0.5) is 0 Å². The van der Waals surface area contributed by atoms with E-state index in [9.17, 15) is 0 Å². The van der Waals surface area contributed by atoms with Crippen LogP contribution in [0.3, 0.4) is 0 Å². The van der Waals surface area contributed by atoms with Gasteiger partial charge in [-0.1, -0.05) is 103 Å². The van der Waals surface area contributed by atoms with E-state index in [1.165, 1.54) is 26.7 Å². The van der Waals surface area contributed by atoms with Crippen molar-refractivity contribution in [3.8, 4) is 0 Å². The Bertz CT molecular complexity index is 920. The van der Waals surface area contributed by atoms with Gasteiger partial charge >= 0.3 is 0 Å². The van der Waals surface area contributed by atoms with Gasteiger partial charge in [0.05, 0.1) is 0 Å². The molecule has 0 fully saturated rings. The van der Waals surface area contributed by atoms with Crippen LogP contribution in [-0.2, 0) is 0 Å². The second-order valence-corrected chi connectivity index (χ2v) is 8.21. The number of halogens is 1. The van der Waals surface area contributed by atoms with Gasteiger partial charge in [0, 0.05) is 10.4 Å². The van der Waals surface area contributed by atoms with Gasteiger partial charge in [-0.2, -0.15) is 0 Å². The minimum Gasteiger partial charge on any atom is -0.0836 e. The Morgan fingerprint density at radius 2 is 1.08 bits per heavy atom. The van der Waals surface area contributed by atoms with Crippen LogP contribution in [0.5, 0.6) is 0 Å². The first-order chi connectivity index (χ1) is 11.8. The summed E-state index contributed by atoms with van der Waals surface area (Å²) in [5.74, 6) is 0. The van der Waals surface area contributed by atoms with Gasteiger partial charge in [0.15, 0.2) is 0 Å². The summed E-state index contributed by atoms with van der Waals surface area (Å²) in [6.07, 6.45) is 0. The summed E-state index contributed by atoms with van der Waals surface area (Å²) in [5, 5.41) is 7.17. The average molecular weight is 347 g/mol. The van der Waals surface area contributed by atoms with Gasteiger partial charge in [0.2, 0.25) is 0 Å². The molecule has 0 bridgehead atoms. The highest BCUT2D eigenvalue weighted by Gasteiger charge is 2.19. The highest BCUT2D eigenvalue weighted by molar-refractivity contribution is 7.80. The summed E-state index contributed by atoms with van der Waals surface area (Å²) in [6.45, 7) is 0. The van der Waals surface area contributed by atoms with Gasteiger partial charge in [0.25, 0.3) is 0 Å². The molecule has 0 unspecified atom stereocenters. The van der Waals surface area contributed by atoms with E-state index < -0.39 is 7.92 Å². The van der Waals surface area contributed by atoms with Crippen molar-refractivity contribution in [2.75, 3.05) is 0 Å². The molecule has 0 aliphatic heterocycles. The molecule has 0 aliphatic carbocycles. The van der Waals surface area contributed by atoms with E-state index in [1.54, 1.807) is 0 Å². The molecule has 4 rings (SSSR count). The lowest BCUT2D eigenvalue weighted by molar-refractivity contribution is 1.74. The van der Waals surface area contributed by atoms with Crippen LogP contribution in [0.15, 0.2) is 97.1 Å². The smallest absolute Gasteiger partial charge is 0.0491 e. The van der Waals surface area contributed by atoms with Crippen LogP contribution in [0.1, 0.15) is 0 Å². The zero-order valence-electron chi connectivity index (χ0n) is 13.1. The second-order valence-electron chi connectivity index (χ2n) is 5.62. The van der Waals surface area contributed by atoms with Crippen LogP contribution in [0, 0.1) is 0 Å². The number of rotatable bonds is 3. The predicted molar refractivity (Wildman–Crippen MR) is 108 cm³/mol. The Labute approximate surface area is 148 Å². The zero-order valence-corrected chi connectivity index (χ0v) is 14.7. The van der Waals surface area contributed by atoms with E-state index in [1.807, 2.05) is 12.1 Å². The Morgan fingerprint density at radius 1 is 0.542 bits per heavy atom. The third-order valence-corrected chi connectivity index (χ3v) is 6.90. The molecule has 2 heteroatoms. The van der Waals surface area contributed by atoms with Gasteiger partial charge in [-0.05, 0) is 35.3 Å². The maximum Gasteiger partial charge on any atom is 0.0491 e. The lowest BCUT2D eigenvalue weighted by atomic mass is 10.1. The van der Waals surface area contributed by atoms with Crippen LogP contribution in [0.25, 0.3) is 10.8 Å². The molecule has 0 saturated carbocycles. The lowest BCUT2D eigenvalue weighted by Gasteiger charge is -2.21. The Balaban J connectivity index is 2.02. The first-order valence-corrected chi connectivity index (χ1v) is 9.64. The van der Waals surface area contributed by atoms with Crippen LogP contribution < -0.4 is 15.9 Å². The number of hydrogen-bond donors (Lipinski definition) is 0. The molecule has 0 atom stereocenters. The lowest BCUT2D eigenvalue weighted by Crippen LogP contribution is -2.21. The minimum atomic E-state index is -0.646. The van der Waals surface area contributed by atoms with Crippen LogP contribution in [0.2, 0.25) is 5.02 Å². The molecule has 0 radical (unpaired) electrons. The van der Waals surface area contributed by atoms with Crippen molar-refractivity contribution < 1.29 is 0 Å². The molecule has 116 valence electrons. The summed E-state index contributed by atoms with van der Waals surface area (Å²) >= 11 is 6.59. The minimum absolute atomic E-state index is 0.646. The van der Waals surface area contributed by atoms with Gasteiger partial charge in [-0.15, -0.1) is 0 Å². The second kappa shape index (κ2) is 6.77. The zero-order chi connectivity index (χ0) is 16.4. The summed E-state index contributed by atoms with van der Waals surface area (Å²) in [4.78, 5) is 0. The van der Waals surface area contributed by atoms with Crippen molar-refractivity contribution >= 4 is 46.2 Å². The van der Waals surface area contributed by atoms with Crippen molar-refractivity contribution in [2.45, 2.75) is 0 Å². The topological polar surface area (TPSA) is 0 Å². The van der Waals surface area contributed by atoms with E-state index in [0.29, 0.717) is 0 Å². The molecule has 4 aromatic carbocycles. The molecule has 0 aliphatic rings. The van der Waals surface area contributed by atoms with E-state index in [2.05, 4.69) is 84.9 Å². The number of fused-ring (bicyclic) bond motifs is 1. The van der Waals surface area contributed by atoms with Crippen molar-refractivity contribution in [1.82, 2.24) is 0 Å².